The number of hydrogen-bond acceptors (Lipinski definition) is 3. The second kappa shape index (κ2) is 6.38. The number of hydrazone groups is 1. The number of rotatable bonds is 3. The Morgan fingerprint density at radius 3 is 2.75 bits per heavy atom. The Morgan fingerprint density at radius 2 is 1.96 bits per heavy atom. The second-order valence-corrected chi connectivity index (χ2v) is 6.70. The van der Waals surface area contributed by atoms with Crippen molar-refractivity contribution in [3.05, 3.63) is 65.2 Å². The molecule has 0 bridgehead atoms. The van der Waals surface area contributed by atoms with Gasteiger partial charge in [0, 0.05) is 24.7 Å². The molecule has 1 saturated heterocycles. The van der Waals surface area contributed by atoms with E-state index >= 15 is 0 Å². The summed E-state index contributed by atoms with van der Waals surface area (Å²) >= 11 is 6.04. The third-order valence-electron chi connectivity index (χ3n) is 4.56. The molecule has 122 valence electrons. The molecule has 2 aromatic rings. The molecular formula is C19H18ClN3O. The van der Waals surface area contributed by atoms with E-state index in [2.05, 4.69) is 34.3 Å². The zero-order valence-electron chi connectivity index (χ0n) is 13.2. The van der Waals surface area contributed by atoms with Crippen LogP contribution < -0.4 is 5.01 Å². The first-order valence-corrected chi connectivity index (χ1v) is 8.52. The topological polar surface area (TPSA) is 35.9 Å². The predicted molar refractivity (Wildman–Crippen MR) is 96.2 cm³/mol. The molecule has 2 aliphatic rings. The molecule has 4 rings (SSSR count). The fourth-order valence-corrected chi connectivity index (χ4v) is 3.54. The van der Waals surface area contributed by atoms with Crippen LogP contribution in [0.3, 0.4) is 0 Å². The van der Waals surface area contributed by atoms with Gasteiger partial charge in [-0.1, -0.05) is 48.0 Å². The van der Waals surface area contributed by atoms with Crippen LogP contribution in [0.4, 0.5) is 5.69 Å². The largest absolute Gasteiger partial charge is 0.293 e. The van der Waals surface area contributed by atoms with E-state index in [1.54, 1.807) is 12.1 Å². The molecule has 2 aliphatic heterocycles. The SMILES string of the molecule is O=C1C2CCN(Cc3ccccc3)CC2=NN1c1cccc(Cl)c1. The third-order valence-corrected chi connectivity index (χ3v) is 4.79. The first-order chi connectivity index (χ1) is 11.7. The third kappa shape index (κ3) is 2.95. The van der Waals surface area contributed by atoms with Gasteiger partial charge in [0.1, 0.15) is 0 Å². The highest BCUT2D eigenvalue weighted by Gasteiger charge is 2.39. The minimum absolute atomic E-state index is 0.0617. The molecular weight excluding hydrogens is 322 g/mol. The van der Waals surface area contributed by atoms with Crippen molar-refractivity contribution in [1.29, 1.82) is 0 Å². The summed E-state index contributed by atoms with van der Waals surface area (Å²) in [5, 5.41) is 6.72. The Kier molecular flexibility index (Phi) is 4.08. The Balaban J connectivity index is 1.52. The summed E-state index contributed by atoms with van der Waals surface area (Å²) in [6.07, 6.45) is 0.821. The van der Waals surface area contributed by atoms with Gasteiger partial charge >= 0.3 is 0 Å². The Labute approximate surface area is 146 Å². The summed E-state index contributed by atoms with van der Waals surface area (Å²) in [6, 6.07) is 17.7. The molecule has 0 radical (unpaired) electrons. The zero-order chi connectivity index (χ0) is 16.5. The van der Waals surface area contributed by atoms with Gasteiger partial charge in [-0.05, 0) is 30.2 Å². The van der Waals surface area contributed by atoms with Crippen LogP contribution in [-0.2, 0) is 11.3 Å². The summed E-state index contributed by atoms with van der Waals surface area (Å²) < 4.78 is 0. The fraction of sp³-hybridized carbons (Fsp3) is 0.263. The summed E-state index contributed by atoms with van der Waals surface area (Å²) in [4.78, 5) is 15.0. The first-order valence-electron chi connectivity index (χ1n) is 8.14. The number of fused-ring (bicyclic) bond motifs is 1. The Hall–Kier alpha value is -2.17. The van der Waals surface area contributed by atoms with E-state index in [1.165, 1.54) is 10.6 Å². The monoisotopic (exact) mass is 339 g/mol. The van der Waals surface area contributed by atoms with Gasteiger partial charge in [0.25, 0.3) is 5.91 Å². The van der Waals surface area contributed by atoms with E-state index in [1.807, 2.05) is 18.2 Å². The van der Waals surface area contributed by atoms with Crippen LogP contribution in [0.5, 0.6) is 0 Å². The first kappa shape index (κ1) is 15.4. The Morgan fingerprint density at radius 1 is 1.12 bits per heavy atom. The van der Waals surface area contributed by atoms with Crippen LogP contribution in [0, 0.1) is 5.92 Å². The quantitative estimate of drug-likeness (QED) is 0.857. The summed E-state index contributed by atoms with van der Waals surface area (Å²) in [7, 11) is 0. The van der Waals surface area contributed by atoms with E-state index in [-0.39, 0.29) is 11.8 Å². The van der Waals surface area contributed by atoms with Crippen molar-refractivity contribution in [2.75, 3.05) is 18.1 Å². The lowest BCUT2D eigenvalue weighted by Crippen LogP contribution is -2.41. The minimum atomic E-state index is -0.0870. The van der Waals surface area contributed by atoms with Crippen LogP contribution in [-0.4, -0.2) is 29.6 Å². The number of benzene rings is 2. The second-order valence-electron chi connectivity index (χ2n) is 6.26. The molecule has 0 N–H and O–H groups in total. The zero-order valence-corrected chi connectivity index (χ0v) is 14.0. The number of nitrogens with zero attached hydrogens (tertiary/aromatic N) is 3. The van der Waals surface area contributed by atoms with E-state index in [4.69, 9.17) is 11.6 Å². The molecule has 1 fully saturated rings. The van der Waals surface area contributed by atoms with E-state index in [9.17, 15) is 4.79 Å². The average Bonchev–Trinajstić information content (AvgIpc) is 2.92. The maximum atomic E-state index is 12.7. The molecule has 2 aromatic carbocycles. The maximum Gasteiger partial charge on any atom is 0.256 e. The standard InChI is InChI=1S/C19H18ClN3O/c20-15-7-4-8-16(11-15)23-19(24)17-9-10-22(13-18(17)21-23)12-14-5-2-1-3-6-14/h1-8,11,17H,9-10,12-13H2. The van der Waals surface area contributed by atoms with Gasteiger partial charge in [0.2, 0.25) is 0 Å². The van der Waals surface area contributed by atoms with Crippen molar-refractivity contribution in [2.24, 2.45) is 11.0 Å². The summed E-state index contributed by atoms with van der Waals surface area (Å²) in [5.41, 5.74) is 2.98. The molecule has 2 heterocycles. The normalized spacial score (nSPS) is 20.9. The molecule has 0 aliphatic carbocycles. The van der Waals surface area contributed by atoms with Crippen LogP contribution >= 0.6 is 11.6 Å². The summed E-state index contributed by atoms with van der Waals surface area (Å²) in [6.45, 7) is 2.54. The number of piperidine rings is 1. The number of anilines is 1. The smallest absolute Gasteiger partial charge is 0.256 e. The van der Waals surface area contributed by atoms with Crippen LogP contribution in [0.25, 0.3) is 0 Å². The average molecular weight is 340 g/mol. The molecule has 4 nitrogen and oxygen atoms in total. The number of amides is 1. The number of halogens is 1. The lowest BCUT2D eigenvalue weighted by Gasteiger charge is -2.29. The highest BCUT2D eigenvalue weighted by molar-refractivity contribution is 6.31. The Bertz CT molecular complexity index is 790. The van der Waals surface area contributed by atoms with Crippen LogP contribution in [0.1, 0.15) is 12.0 Å². The molecule has 24 heavy (non-hydrogen) atoms. The minimum Gasteiger partial charge on any atom is -0.293 e. The highest BCUT2D eigenvalue weighted by Crippen LogP contribution is 2.30. The van der Waals surface area contributed by atoms with Gasteiger partial charge in [-0.15, -0.1) is 0 Å². The van der Waals surface area contributed by atoms with Crippen LogP contribution in [0.15, 0.2) is 59.7 Å². The molecule has 1 atom stereocenters. The van der Waals surface area contributed by atoms with Gasteiger partial charge in [0.05, 0.1) is 17.3 Å². The van der Waals surface area contributed by atoms with Gasteiger partial charge in [-0.2, -0.15) is 5.10 Å². The lowest BCUT2D eigenvalue weighted by atomic mass is 9.94. The fourth-order valence-electron chi connectivity index (χ4n) is 3.36. The number of hydrogen-bond donors (Lipinski definition) is 0. The van der Waals surface area contributed by atoms with Gasteiger partial charge in [0.15, 0.2) is 0 Å². The van der Waals surface area contributed by atoms with E-state index < -0.39 is 0 Å². The maximum absolute atomic E-state index is 12.7. The van der Waals surface area contributed by atoms with Crippen molar-refractivity contribution in [3.63, 3.8) is 0 Å². The molecule has 0 spiro atoms. The molecule has 0 aromatic heterocycles. The van der Waals surface area contributed by atoms with Gasteiger partial charge < -0.3 is 0 Å². The molecule has 1 unspecified atom stereocenters. The predicted octanol–water partition coefficient (Wildman–Crippen LogP) is 3.56. The van der Waals surface area contributed by atoms with E-state index in [0.717, 1.165) is 37.5 Å². The summed E-state index contributed by atoms with van der Waals surface area (Å²) in [5.74, 6) is -0.0253. The molecule has 1 amide bonds. The van der Waals surface area contributed by atoms with Gasteiger partial charge in [-0.3, -0.25) is 9.69 Å². The lowest BCUT2D eigenvalue weighted by molar-refractivity contribution is -0.120. The molecule has 0 saturated carbocycles. The van der Waals surface area contributed by atoms with Crippen molar-refractivity contribution in [1.82, 2.24) is 4.90 Å². The molecule has 5 heteroatoms. The van der Waals surface area contributed by atoms with Crippen LogP contribution in [0.2, 0.25) is 5.02 Å². The van der Waals surface area contributed by atoms with E-state index in [0.29, 0.717) is 5.02 Å². The number of carbonyl (C=O) groups is 1. The number of carbonyl (C=O) groups excluding carboxylic acids is 1. The van der Waals surface area contributed by atoms with Crippen molar-refractivity contribution in [3.8, 4) is 0 Å². The highest BCUT2D eigenvalue weighted by atomic mass is 35.5. The van der Waals surface area contributed by atoms with Crippen molar-refractivity contribution in [2.45, 2.75) is 13.0 Å². The van der Waals surface area contributed by atoms with Crippen molar-refractivity contribution < 1.29 is 4.79 Å². The van der Waals surface area contributed by atoms with Crippen molar-refractivity contribution >= 4 is 28.9 Å². The van der Waals surface area contributed by atoms with Gasteiger partial charge in [-0.25, -0.2) is 5.01 Å². The number of likely N-dealkylation sites (tertiary alicyclic amines) is 1.